The lowest BCUT2D eigenvalue weighted by molar-refractivity contribution is -0.137. The maximum Gasteiger partial charge on any atom is 0.303 e. The van der Waals surface area contributed by atoms with Crippen molar-refractivity contribution in [2.24, 2.45) is 11.3 Å². The molecule has 0 saturated heterocycles. The number of aliphatic carboxylic acids is 1. The lowest BCUT2D eigenvalue weighted by Gasteiger charge is -2.39. The summed E-state index contributed by atoms with van der Waals surface area (Å²) in [6, 6.07) is 6.56. The van der Waals surface area contributed by atoms with Gasteiger partial charge in [0.2, 0.25) is 0 Å². The minimum Gasteiger partial charge on any atom is -0.481 e. The summed E-state index contributed by atoms with van der Waals surface area (Å²) in [5.41, 5.74) is 5.74. The summed E-state index contributed by atoms with van der Waals surface area (Å²) in [6.45, 7) is 11.0. The zero-order chi connectivity index (χ0) is 25.3. The molecule has 1 N–H and O–H groups in total. The molecule has 1 aromatic heterocycles. The number of nitrogens with zero attached hydrogens (tertiary/aromatic N) is 3. The van der Waals surface area contributed by atoms with Gasteiger partial charge in [-0.2, -0.15) is 0 Å². The number of hydrogen-bond donors (Lipinski definition) is 1. The monoisotopic (exact) mass is 479 g/mol. The SMILES string of the molecule is Cc1ccc(CC(=O)CC(CCC(=O)O)c2nnn(C3CC(CC(C)(C)C)C3)c2C2CC2)c(C)c1. The van der Waals surface area contributed by atoms with E-state index >= 15 is 0 Å². The van der Waals surface area contributed by atoms with Crippen LogP contribution in [0.25, 0.3) is 0 Å². The molecule has 0 aliphatic heterocycles. The number of aryl methyl sites for hydroxylation is 2. The van der Waals surface area contributed by atoms with Crippen molar-refractivity contribution in [3.05, 3.63) is 46.3 Å². The van der Waals surface area contributed by atoms with Gasteiger partial charge in [0.15, 0.2) is 0 Å². The topological polar surface area (TPSA) is 85.1 Å². The molecule has 2 fully saturated rings. The second kappa shape index (κ2) is 10.2. The third-order valence-electron chi connectivity index (χ3n) is 7.63. The van der Waals surface area contributed by atoms with Crippen molar-refractivity contribution in [3.63, 3.8) is 0 Å². The number of benzene rings is 1. The number of aromatic nitrogens is 3. The van der Waals surface area contributed by atoms with Crippen LogP contribution in [-0.2, 0) is 16.0 Å². The van der Waals surface area contributed by atoms with E-state index in [4.69, 9.17) is 0 Å². The minimum absolute atomic E-state index is 0.0373. The Morgan fingerprint density at radius 2 is 1.89 bits per heavy atom. The summed E-state index contributed by atoms with van der Waals surface area (Å²) in [6.07, 6.45) is 6.88. The van der Waals surface area contributed by atoms with Crippen molar-refractivity contribution in [1.29, 1.82) is 0 Å². The second-order valence-corrected chi connectivity index (χ2v) is 12.3. The number of rotatable bonds is 11. The quantitative estimate of drug-likeness (QED) is 0.408. The molecule has 1 heterocycles. The Labute approximate surface area is 209 Å². The third kappa shape index (κ3) is 6.59. The summed E-state index contributed by atoms with van der Waals surface area (Å²) >= 11 is 0. The molecule has 1 aromatic carbocycles. The first kappa shape index (κ1) is 25.6. The van der Waals surface area contributed by atoms with Crippen LogP contribution in [0.4, 0.5) is 0 Å². The van der Waals surface area contributed by atoms with Crippen LogP contribution >= 0.6 is 0 Å². The molecule has 0 amide bonds. The van der Waals surface area contributed by atoms with Gasteiger partial charge in [-0.1, -0.05) is 49.7 Å². The van der Waals surface area contributed by atoms with Gasteiger partial charge in [0.1, 0.15) is 5.78 Å². The van der Waals surface area contributed by atoms with Gasteiger partial charge in [-0.3, -0.25) is 9.59 Å². The minimum atomic E-state index is -0.832. The van der Waals surface area contributed by atoms with Gasteiger partial charge in [-0.15, -0.1) is 5.10 Å². The Morgan fingerprint density at radius 1 is 1.17 bits per heavy atom. The summed E-state index contributed by atoms with van der Waals surface area (Å²) in [7, 11) is 0. The van der Waals surface area contributed by atoms with E-state index in [9.17, 15) is 14.7 Å². The maximum atomic E-state index is 13.2. The number of carbonyl (C=O) groups is 2. The van der Waals surface area contributed by atoms with Gasteiger partial charge in [0.25, 0.3) is 0 Å². The molecule has 0 radical (unpaired) electrons. The molecule has 2 aliphatic carbocycles. The van der Waals surface area contributed by atoms with E-state index in [1.165, 1.54) is 17.7 Å². The number of hydrogen-bond acceptors (Lipinski definition) is 4. The molecule has 2 saturated carbocycles. The van der Waals surface area contributed by atoms with Gasteiger partial charge in [0.05, 0.1) is 17.4 Å². The fraction of sp³-hybridized carbons (Fsp3) is 0.655. The van der Waals surface area contributed by atoms with Crippen molar-refractivity contribution in [1.82, 2.24) is 15.0 Å². The fourth-order valence-corrected chi connectivity index (χ4v) is 5.80. The highest BCUT2D eigenvalue weighted by Gasteiger charge is 2.40. The molecule has 6 heteroatoms. The largest absolute Gasteiger partial charge is 0.481 e. The summed E-state index contributed by atoms with van der Waals surface area (Å²) in [5.74, 6) is 0.281. The molecule has 4 rings (SSSR count). The van der Waals surface area contributed by atoms with Crippen LogP contribution in [0.15, 0.2) is 18.2 Å². The Morgan fingerprint density at radius 3 is 2.49 bits per heavy atom. The highest BCUT2D eigenvalue weighted by Crippen LogP contribution is 2.49. The molecular weight excluding hydrogens is 438 g/mol. The molecule has 6 nitrogen and oxygen atoms in total. The molecule has 1 unspecified atom stereocenters. The Bertz CT molecular complexity index is 1070. The number of ketones is 1. The highest BCUT2D eigenvalue weighted by atomic mass is 16.4. The molecule has 1 atom stereocenters. The number of carboxylic acids is 1. The molecule has 0 spiro atoms. The lowest BCUT2D eigenvalue weighted by Crippen LogP contribution is -2.31. The zero-order valence-corrected chi connectivity index (χ0v) is 22.0. The molecule has 35 heavy (non-hydrogen) atoms. The fourth-order valence-electron chi connectivity index (χ4n) is 5.80. The molecule has 2 aromatic rings. The van der Waals surface area contributed by atoms with E-state index in [2.05, 4.69) is 48.8 Å². The molecular formula is C29H41N3O3. The Balaban J connectivity index is 1.51. The van der Waals surface area contributed by atoms with Crippen LogP contribution in [0.3, 0.4) is 0 Å². The van der Waals surface area contributed by atoms with Crippen LogP contribution in [-0.4, -0.2) is 31.9 Å². The van der Waals surface area contributed by atoms with E-state index in [0.717, 1.165) is 48.4 Å². The van der Waals surface area contributed by atoms with Crippen LogP contribution in [0, 0.1) is 25.2 Å². The first-order valence-corrected chi connectivity index (χ1v) is 13.2. The van der Waals surface area contributed by atoms with Crippen LogP contribution in [0.1, 0.15) is 118 Å². The third-order valence-corrected chi connectivity index (χ3v) is 7.63. The maximum absolute atomic E-state index is 13.2. The van der Waals surface area contributed by atoms with E-state index in [-0.39, 0.29) is 18.1 Å². The van der Waals surface area contributed by atoms with Crippen LogP contribution in [0.5, 0.6) is 0 Å². The zero-order valence-electron chi connectivity index (χ0n) is 22.0. The first-order valence-electron chi connectivity index (χ1n) is 13.2. The molecule has 2 aliphatic rings. The Kier molecular flexibility index (Phi) is 7.48. The second-order valence-electron chi connectivity index (χ2n) is 12.3. The van der Waals surface area contributed by atoms with Gasteiger partial charge in [-0.05, 0) is 74.8 Å². The molecule has 0 bridgehead atoms. The summed E-state index contributed by atoms with van der Waals surface area (Å²) < 4.78 is 2.15. The first-order chi connectivity index (χ1) is 16.5. The highest BCUT2D eigenvalue weighted by molar-refractivity contribution is 5.82. The van der Waals surface area contributed by atoms with Gasteiger partial charge in [0, 0.05) is 31.1 Å². The average Bonchev–Trinajstić information content (AvgIpc) is 3.47. The van der Waals surface area contributed by atoms with Gasteiger partial charge < -0.3 is 5.11 Å². The summed E-state index contributed by atoms with van der Waals surface area (Å²) in [5, 5.41) is 18.6. The number of Topliss-reactive ketones (excluding diaryl/α,β-unsaturated/α-hetero) is 1. The van der Waals surface area contributed by atoms with E-state index in [0.29, 0.717) is 36.6 Å². The van der Waals surface area contributed by atoms with Gasteiger partial charge in [-0.25, -0.2) is 4.68 Å². The van der Waals surface area contributed by atoms with Crippen molar-refractivity contribution < 1.29 is 14.7 Å². The van der Waals surface area contributed by atoms with E-state index in [1.807, 2.05) is 19.1 Å². The summed E-state index contributed by atoms with van der Waals surface area (Å²) in [4.78, 5) is 24.6. The molecule has 190 valence electrons. The number of carboxylic acid groups (broad SMARTS) is 1. The van der Waals surface area contributed by atoms with Crippen molar-refractivity contribution in [2.45, 2.75) is 110 Å². The lowest BCUT2D eigenvalue weighted by atomic mass is 9.71. The predicted molar refractivity (Wildman–Crippen MR) is 137 cm³/mol. The predicted octanol–water partition coefficient (Wildman–Crippen LogP) is 6.31. The van der Waals surface area contributed by atoms with E-state index in [1.54, 1.807) is 0 Å². The van der Waals surface area contributed by atoms with E-state index < -0.39 is 5.97 Å². The van der Waals surface area contributed by atoms with Crippen LogP contribution < -0.4 is 0 Å². The average molecular weight is 480 g/mol. The standard InChI is InChI=1S/C29H41N3O3/c1-18-6-7-22(19(2)12-18)15-25(33)16-23(10-11-26(34)35)27-28(21-8-9-21)32(31-30-27)24-13-20(14-24)17-29(3,4)5/h6-7,12,20-21,23-24H,8-11,13-17H2,1-5H3,(H,34,35). The smallest absolute Gasteiger partial charge is 0.303 e. The number of carbonyl (C=O) groups excluding carboxylic acids is 1. The normalized spacial score (nSPS) is 20.9. The van der Waals surface area contributed by atoms with Crippen molar-refractivity contribution in [3.8, 4) is 0 Å². The van der Waals surface area contributed by atoms with Crippen LogP contribution in [0.2, 0.25) is 0 Å². The van der Waals surface area contributed by atoms with Gasteiger partial charge >= 0.3 is 5.97 Å². The van der Waals surface area contributed by atoms with Crippen molar-refractivity contribution >= 4 is 11.8 Å². The Hall–Kier alpha value is -2.50. The van der Waals surface area contributed by atoms with Crippen molar-refractivity contribution in [2.75, 3.05) is 0 Å².